The zero-order chi connectivity index (χ0) is 20.4. The smallest absolute Gasteiger partial charge is 0.191 e. The topological polar surface area (TPSA) is 87.4 Å². The van der Waals surface area contributed by atoms with Gasteiger partial charge in [-0.15, -0.1) is 45.5 Å². The van der Waals surface area contributed by atoms with Crippen molar-refractivity contribution in [3.63, 3.8) is 0 Å². The predicted octanol–water partition coefficient (Wildman–Crippen LogP) is 3.27. The molecule has 164 valence electrons. The van der Waals surface area contributed by atoms with E-state index in [-0.39, 0.29) is 36.0 Å². The SMILES string of the molecule is CCC(CC)(CCO)CNC(=NCc1nnc(C)n1C)NCCc1cccs1.I. The van der Waals surface area contributed by atoms with E-state index in [1.54, 1.807) is 11.3 Å². The van der Waals surface area contributed by atoms with Crippen LogP contribution in [0.25, 0.3) is 0 Å². The summed E-state index contributed by atoms with van der Waals surface area (Å²) in [6.07, 6.45) is 3.78. The minimum absolute atomic E-state index is 0. The van der Waals surface area contributed by atoms with Crippen molar-refractivity contribution in [3.8, 4) is 0 Å². The highest BCUT2D eigenvalue weighted by atomic mass is 127. The molecule has 2 heterocycles. The Labute approximate surface area is 195 Å². The minimum Gasteiger partial charge on any atom is -0.396 e. The van der Waals surface area contributed by atoms with Crippen molar-refractivity contribution in [2.75, 3.05) is 19.7 Å². The number of guanidine groups is 1. The third-order valence-electron chi connectivity index (χ3n) is 5.58. The fourth-order valence-corrected chi connectivity index (χ4v) is 3.83. The summed E-state index contributed by atoms with van der Waals surface area (Å²) in [6, 6.07) is 4.23. The first-order chi connectivity index (χ1) is 13.5. The molecular weight excluding hydrogens is 499 g/mol. The van der Waals surface area contributed by atoms with Gasteiger partial charge in [0.25, 0.3) is 0 Å². The Morgan fingerprint density at radius 2 is 2.03 bits per heavy atom. The number of aliphatic hydroxyl groups is 1. The lowest BCUT2D eigenvalue weighted by Crippen LogP contribution is -2.44. The number of aliphatic hydroxyl groups excluding tert-OH is 1. The third kappa shape index (κ3) is 7.86. The zero-order valence-electron chi connectivity index (χ0n) is 17.9. The van der Waals surface area contributed by atoms with Gasteiger partial charge in [-0.3, -0.25) is 0 Å². The van der Waals surface area contributed by atoms with E-state index in [1.165, 1.54) is 4.88 Å². The van der Waals surface area contributed by atoms with Crippen molar-refractivity contribution in [1.29, 1.82) is 0 Å². The molecular formula is C20H35IN6OS. The highest BCUT2D eigenvalue weighted by Crippen LogP contribution is 2.29. The molecule has 0 fully saturated rings. The first-order valence-corrected chi connectivity index (χ1v) is 10.9. The van der Waals surface area contributed by atoms with Crippen molar-refractivity contribution in [2.24, 2.45) is 17.5 Å². The molecule has 0 amide bonds. The number of aliphatic imine (C=N–C) groups is 1. The highest BCUT2D eigenvalue weighted by molar-refractivity contribution is 14.0. The van der Waals surface area contributed by atoms with Crippen LogP contribution in [0.1, 0.15) is 49.6 Å². The maximum Gasteiger partial charge on any atom is 0.191 e. The molecule has 7 nitrogen and oxygen atoms in total. The van der Waals surface area contributed by atoms with Gasteiger partial charge in [-0.25, -0.2) is 4.99 Å². The summed E-state index contributed by atoms with van der Waals surface area (Å²) in [4.78, 5) is 6.08. The van der Waals surface area contributed by atoms with Gasteiger partial charge in [-0.05, 0) is 49.5 Å². The van der Waals surface area contributed by atoms with Gasteiger partial charge in [-0.1, -0.05) is 19.9 Å². The molecule has 0 aromatic carbocycles. The standard InChI is InChI=1S/C20H34N6OS.HI/c1-5-20(6-2,10-12-27)15-23-19(21-11-9-17-8-7-13-28-17)22-14-18-25-24-16(3)26(18)4;/h7-8,13,27H,5-6,9-12,14-15H2,1-4H3,(H2,21,22,23);1H. The van der Waals surface area contributed by atoms with Crippen LogP contribution in [0.4, 0.5) is 0 Å². The molecule has 2 aromatic heterocycles. The van der Waals surface area contributed by atoms with E-state index in [2.05, 4.69) is 52.2 Å². The number of halogens is 1. The minimum atomic E-state index is 0. The summed E-state index contributed by atoms with van der Waals surface area (Å²) in [5.74, 6) is 2.50. The maximum atomic E-state index is 9.47. The summed E-state index contributed by atoms with van der Waals surface area (Å²) in [6.45, 7) is 8.58. The van der Waals surface area contributed by atoms with Crippen molar-refractivity contribution >= 4 is 41.3 Å². The largest absolute Gasteiger partial charge is 0.396 e. The molecule has 0 bridgehead atoms. The lowest BCUT2D eigenvalue weighted by molar-refractivity contribution is 0.169. The fourth-order valence-electron chi connectivity index (χ4n) is 3.12. The summed E-state index contributed by atoms with van der Waals surface area (Å²) in [5, 5.41) is 26.8. The Balaban J connectivity index is 0.00000420. The number of rotatable bonds is 11. The second-order valence-corrected chi connectivity index (χ2v) is 8.21. The normalized spacial score (nSPS) is 12.0. The van der Waals surface area contributed by atoms with Crippen LogP contribution in [0, 0.1) is 12.3 Å². The Bertz CT molecular complexity index is 727. The van der Waals surface area contributed by atoms with Crippen molar-refractivity contribution < 1.29 is 5.11 Å². The molecule has 3 N–H and O–H groups in total. The average Bonchev–Trinajstić information content (AvgIpc) is 3.33. The summed E-state index contributed by atoms with van der Waals surface area (Å²) in [5.41, 5.74) is 0.0757. The van der Waals surface area contributed by atoms with Gasteiger partial charge in [-0.2, -0.15) is 0 Å². The Kier molecular flexibility index (Phi) is 11.7. The molecule has 0 unspecified atom stereocenters. The molecule has 0 aliphatic heterocycles. The second kappa shape index (κ2) is 13.2. The summed E-state index contributed by atoms with van der Waals surface area (Å²) in [7, 11) is 1.96. The fraction of sp³-hybridized carbons (Fsp3) is 0.650. The third-order valence-corrected chi connectivity index (χ3v) is 6.51. The zero-order valence-corrected chi connectivity index (χ0v) is 21.1. The van der Waals surface area contributed by atoms with Gasteiger partial charge in [0.1, 0.15) is 12.4 Å². The highest BCUT2D eigenvalue weighted by Gasteiger charge is 2.25. The number of hydrogen-bond donors (Lipinski definition) is 3. The van der Waals surface area contributed by atoms with Crippen LogP contribution in [0.3, 0.4) is 0 Å². The number of nitrogens with one attached hydrogen (secondary N) is 2. The summed E-state index contributed by atoms with van der Waals surface area (Å²) < 4.78 is 1.96. The van der Waals surface area contributed by atoms with E-state index in [0.717, 1.165) is 56.4 Å². The summed E-state index contributed by atoms with van der Waals surface area (Å²) >= 11 is 1.77. The molecule has 2 rings (SSSR count). The van der Waals surface area contributed by atoms with E-state index in [0.29, 0.717) is 6.54 Å². The molecule has 29 heavy (non-hydrogen) atoms. The monoisotopic (exact) mass is 534 g/mol. The number of aromatic nitrogens is 3. The first kappa shape index (κ1) is 25.8. The lowest BCUT2D eigenvalue weighted by Gasteiger charge is -2.32. The van der Waals surface area contributed by atoms with Crippen LogP contribution < -0.4 is 10.6 Å². The lowest BCUT2D eigenvalue weighted by atomic mass is 9.79. The van der Waals surface area contributed by atoms with Crippen LogP contribution in [-0.4, -0.2) is 45.5 Å². The quantitative estimate of drug-likeness (QED) is 0.234. The van der Waals surface area contributed by atoms with Crippen LogP contribution >= 0.6 is 35.3 Å². The van der Waals surface area contributed by atoms with E-state index < -0.39 is 0 Å². The molecule has 0 spiro atoms. The molecule has 0 saturated heterocycles. The Morgan fingerprint density at radius 1 is 1.28 bits per heavy atom. The van der Waals surface area contributed by atoms with E-state index >= 15 is 0 Å². The Hall–Kier alpha value is -1.20. The molecule has 0 aliphatic carbocycles. The maximum absolute atomic E-state index is 9.47. The molecule has 2 aromatic rings. The van der Waals surface area contributed by atoms with E-state index in [4.69, 9.17) is 4.99 Å². The predicted molar refractivity (Wildman–Crippen MR) is 131 cm³/mol. The molecule has 0 radical (unpaired) electrons. The molecule has 0 atom stereocenters. The first-order valence-electron chi connectivity index (χ1n) is 10.0. The number of nitrogens with zero attached hydrogens (tertiary/aromatic N) is 4. The van der Waals surface area contributed by atoms with Crippen LogP contribution in [0.5, 0.6) is 0 Å². The van der Waals surface area contributed by atoms with Crippen LogP contribution in [-0.2, 0) is 20.0 Å². The number of aryl methyl sites for hydroxylation is 1. The molecule has 9 heteroatoms. The number of hydrogen-bond acceptors (Lipinski definition) is 5. The van der Waals surface area contributed by atoms with Gasteiger partial charge < -0.3 is 20.3 Å². The van der Waals surface area contributed by atoms with Crippen molar-refractivity contribution in [1.82, 2.24) is 25.4 Å². The van der Waals surface area contributed by atoms with Gasteiger partial charge in [0.15, 0.2) is 11.8 Å². The number of thiophene rings is 1. The van der Waals surface area contributed by atoms with Crippen LogP contribution in [0.2, 0.25) is 0 Å². The van der Waals surface area contributed by atoms with Crippen LogP contribution in [0.15, 0.2) is 22.5 Å². The average molecular weight is 535 g/mol. The molecule has 0 aliphatic rings. The van der Waals surface area contributed by atoms with Crippen molar-refractivity contribution in [3.05, 3.63) is 34.0 Å². The van der Waals surface area contributed by atoms with Gasteiger partial charge >= 0.3 is 0 Å². The van der Waals surface area contributed by atoms with E-state index in [9.17, 15) is 5.11 Å². The van der Waals surface area contributed by atoms with Gasteiger partial charge in [0.05, 0.1) is 0 Å². The second-order valence-electron chi connectivity index (χ2n) is 7.18. The Morgan fingerprint density at radius 3 is 2.59 bits per heavy atom. The van der Waals surface area contributed by atoms with E-state index in [1.807, 2.05) is 18.5 Å². The van der Waals surface area contributed by atoms with Gasteiger partial charge in [0, 0.05) is 31.6 Å². The van der Waals surface area contributed by atoms with Crippen molar-refractivity contribution in [2.45, 2.75) is 53.0 Å². The molecule has 0 saturated carbocycles. The van der Waals surface area contributed by atoms with Gasteiger partial charge in [0.2, 0.25) is 0 Å².